The molecule has 0 amide bonds. The van der Waals surface area contributed by atoms with Gasteiger partial charge >= 0.3 is 0 Å². The van der Waals surface area contributed by atoms with Gasteiger partial charge in [0, 0.05) is 31.2 Å². The van der Waals surface area contributed by atoms with E-state index in [0.717, 1.165) is 51.6 Å². The first-order chi connectivity index (χ1) is 11.2. The standard InChI is InChI=1S/C17H32N4OS/c1-5-18-17(19-11-7-8-12-22-6-2)20-14-15(21(3)4)16-10-9-13-23-16/h9-10,13,15H,5-8,11-12,14H2,1-4H3,(H2,18,19,20). The van der Waals surface area contributed by atoms with Crippen LogP contribution in [0.25, 0.3) is 0 Å². The molecule has 0 bridgehead atoms. The van der Waals surface area contributed by atoms with Crippen LogP contribution in [-0.4, -0.2) is 57.8 Å². The number of ether oxygens (including phenoxy) is 1. The monoisotopic (exact) mass is 340 g/mol. The second-order valence-corrected chi connectivity index (χ2v) is 6.52. The predicted octanol–water partition coefficient (Wildman–Crippen LogP) is 2.72. The smallest absolute Gasteiger partial charge is 0.191 e. The number of nitrogens with one attached hydrogen (secondary N) is 2. The lowest BCUT2D eigenvalue weighted by Crippen LogP contribution is -2.38. The topological polar surface area (TPSA) is 48.9 Å². The number of nitrogens with zero attached hydrogens (tertiary/aromatic N) is 2. The van der Waals surface area contributed by atoms with Gasteiger partial charge in [0.05, 0.1) is 12.6 Å². The number of rotatable bonds is 11. The summed E-state index contributed by atoms with van der Waals surface area (Å²) in [5, 5.41) is 8.84. The summed E-state index contributed by atoms with van der Waals surface area (Å²) in [6.07, 6.45) is 2.17. The van der Waals surface area contributed by atoms with Crippen molar-refractivity contribution in [3.63, 3.8) is 0 Å². The molecule has 5 nitrogen and oxygen atoms in total. The van der Waals surface area contributed by atoms with Gasteiger partial charge in [0.1, 0.15) is 0 Å². The third-order valence-electron chi connectivity index (χ3n) is 3.47. The number of hydrogen-bond donors (Lipinski definition) is 2. The van der Waals surface area contributed by atoms with E-state index >= 15 is 0 Å². The molecule has 0 aromatic carbocycles. The van der Waals surface area contributed by atoms with Gasteiger partial charge in [-0.2, -0.15) is 0 Å². The number of hydrogen-bond acceptors (Lipinski definition) is 4. The maximum atomic E-state index is 5.36. The molecule has 0 saturated carbocycles. The van der Waals surface area contributed by atoms with Crippen LogP contribution >= 0.6 is 11.3 Å². The molecular formula is C17H32N4OS. The summed E-state index contributed by atoms with van der Waals surface area (Å²) >= 11 is 1.79. The summed E-state index contributed by atoms with van der Waals surface area (Å²) < 4.78 is 5.36. The van der Waals surface area contributed by atoms with Crippen LogP contribution < -0.4 is 10.6 Å². The van der Waals surface area contributed by atoms with Crippen LogP contribution in [0, 0.1) is 0 Å². The lowest BCUT2D eigenvalue weighted by molar-refractivity contribution is 0.143. The van der Waals surface area contributed by atoms with Gasteiger partial charge in [0.25, 0.3) is 0 Å². The van der Waals surface area contributed by atoms with Crippen molar-refractivity contribution in [2.45, 2.75) is 32.7 Å². The minimum atomic E-state index is 0.323. The van der Waals surface area contributed by atoms with E-state index in [1.807, 2.05) is 6.92 Å². The molecule has 2 N–H and O–H groups in total. The zero-order chi connectivity index (χ0) is 16.9. The van der Waals surface area contributed by atoms with Crippen LogP contribution in [0.15, 0.2) is 22.5 Å². The molecule has 0 aliphatic carbocycles. The van der Waals surface area contributed by atoms with Crippen molar-refractivity contribution in [2.75, 3.05) is 46.9 Å². The largest absolute Gasteiger partial charge is 0.382 e. The highest BCUT2D eigenvalue weighted by Gasteiger charge is 2.14. The molecule has 0 spiro atoms. The summed E-state index contributed by atoms with van der Waals surface area (Å²) in [4.78, 5) is 8.33. The highest BCUT2D eigenvalue weighted by atomic mass is 32.1. The van der Waals surface area contributed by atoms with E-state index in [2.05, 4.69) is 54.1 Å². The third-order valence-corrected chi connectivity index (χ3v) is 4.45. The Morgan fingerprint density at radius 3 is 2.74 bits per heavy atom. The Morgan fingerprint density at radius 1 is 1.30 bits per heavy atom. The highest BCUT2D eigenvalue weighted by Crippen LogP contribution is 2.23. The Labute approximate surface area is 145 Å². The van der Waals surface area contributed by atoms with Gasteiger partial charge in [-0.1, -0.05) is 6.07 Å². The zero-order valence-electron chi connectivity index (χ0n) is 15.0. The number of guanidine groups is 1. The fourth-order valence-corrected chi connectivity index (χ4v) is 3.10. The first-order valence-corrected chi connectivity index (χ1v) is 9.36. The second-order valence-electron chi connectivity index (χ2n) is 5.55. The molecule has 132 valence electrons. The van der Waals surface area contributed by atoms with Gasteiger partial charge in [0.2, 0.25) is 0 Å². The van der Waals surface area contributed by atoms with Gasteiger partial charge in [-0.3, -0.25) is 4.99 Å². The van der Waals surface area contributed by atoms with Crippen molar-refractivity contribution in [1.29, 1.82) is 0 Å². The van der Waals surface area contributed by atoms with Crippen LogP contribution in [0.1, 0.15) is 37.6 Å². The SMILES string of the molecule is CCNC(=NCC(c1cccs1)N(C)C)NCCCCOCC. The predicted molar refractivity (Wildman–Crippen MR) is 100 cm³/mol. The molecule has 0 aliphatic heterocycles. The van der Waals surface area contributed by atoms with Crippen molar-refractivity contribution in [1.82, 2.24) is 15.5 Å². The molecule has 1 atom stereocenters. The highest BCUT2D eigenvalue weighted by molar-refractivity contribution is 7.10. The number of unbranched alkanes of at least 4 members (excludes halogenated alkanes) is 1. The zero-order valence-corrected chi connectivity index (χ0v) is 15.8. The van der Waals surface area contributed by atoms with Gasteiger partial charge in [0.15, 0.2) is 5.96 Å². The lowest BCUT2D eigenvalue weighted by atomic mass is 10.2. The van der Waals surface area contributed by atoms with E-state index in [1.165, 1.54) is 4.88 Å². The first-order valence-electron chi connectivity index (χ1n) is 8.48. The van der Waals surface area contributed by atoms with Gasteiger partial charge in [-0.05, 0) is 52.2 Å². The Bertz CT molecular complexity index is 420. The van der Waals surface area contributed by atoms with E-state index in [0.29, 0.717) is 6.04 Å². The van der Waals surface area contributed by atoms with Crippen molar-refractivity contribution in [3.8, 4) is 0 Å². The number of aliphatic imine (C=N–C) groups is 1. The van der Waals surface area contributed by atoms with Gasteiger partial charge in [-0.15, -0.1) is 11.3 Å². The Kier molecular flexibility index (Phi) is 10.7. The molecule has 0 fully saturated rings. The average Bonchev–Trinajstić information content (AvgIpc) is 3.04. The fourth-order valence-electron chi connectivity index (χ4n) is 2.19. The fraction of sp³-hybridized carbons (Fsp3) is 0.706. The van der Waals surface area contributed by atoms with Crippen molar-refractivity contribution in [3.05, 3.63) is 22.4 Å². The molecule has 1 aromatic heterocycles. The summed E-state index contributed by atoms with van der Waals surface area (Å²) in [7, 11) is 4.21. The van der Waals surface area contributed by atoms with Crippen molar-refractivity contribution in [2.24, 2.45) is 4.99 Å². The number of likely N-dealkylation sites (N-methyl/N-ethyl adjacent to an activating group) is 1. The van der Waals surface area contributed by atoms with Crippen LogP contribution in [0.4, 0.5) is 0 Å². The maximum absolute atomic E-state index is 5.36. The van der Waals surface area contributed by atoms with Crippen molar-refractivity contribution >= 4 is 17.3 Å². The minimum absolute atomic E-state index is 0.323. The van der Waals surface area contributed by atoms with Crippen LogP contribution in [0.5, 0.6) is 0 Å². The second kappa shape index (κ2) is 12.3. The molecule has 1 aromatic rings. The van der Waals surface area contributed by atoms with Crippen molar-refractivity contribution < 1.29 is 4.74 Å². The van der Waals surface area contributed by atoms with E-state index in [4.69, 9.17) is 9.73 Å². The molecule has 23 heavy (non-hydrogen) atoms. The quantitative estimate of drug-likeness (QED) is 0.369. The maximum Gasteiger partial charge on any atom is 0.191 e. The first kappa shape index (κ1) is 19.9. The van der Waals surface area contributed by atoms with E-state index in [-0.39, 0.29) is 0 Å². The van der Waals surface area contributed by atoms with Crippen LogP contribution in [0.3, 0.4) is 0 Å². The molecule has 0 radical (unpaired) electrons. The molecular weight excluding hydrogens is 308 g/mol. The molecule has 1 rings (SSSR count). The Hall–Kier alpha value is -1.11. The van der Waals surface area contributed by atoms with Crippen LogP contribution in [0.2, 0.25) is 0 Å². The lowest BCUT2D eigenvalue weighted by Gasteiger charge is -2.22. The van der Waals surface area contributed by atoms with Gasteiger partial charge in [-0.25, -0.2) is 0 Å². The van der Waals surface area contributed by atoms with E-state index in [1.54, 1.807) is 11.3 Å². The summed E-state index contributed by atoms with van der Waals surface area (Å²) in [6, 6.07) is 4.60. The Morgan fingerprint density at radius 2 is 2.13 bits per heavy atom. The third kappa shape index (κ3) is 8.34. The minimum Gasteiger partial charge on any atom is -0.382 e. The van der Waals surface area contributed by atoms with Crippen LogP contribution in [-0.2, 0) is 4.74 Å². The van der Waals surface area contributed by atoms with E-state index < -0.39 is 0 Å². The van der Waals surface area contributed by atoms with Gasteiger partial charge < -0.3 is 20.3 Å². The normalized spacial score (nSPS) is 13.3. The molecule has 0 aliphatic rings. The molecule has 1 heterocycles. The molecule has 1 unspecified atom stereocenters. The summed E-state index contributed by atoms with van der Waals surface area (Å²) in [5.74, 6) is 0.896. The Balaban J connectivity index is 2.46. The number of thiophene rings is 1. The summed E-state index contributed by atoms with van der Waals surface area (Å²) in [6.45, 7) is 8.31. The summed E-state index contributed by atoms with van der Waals surface area (Å²) in [5.41, 5.74) is 0. The van der Waals surface area contributed by atoms with E-state index in [9.17, 15) is 0 Å². The molecule has 0 saturated heterocycles. The molecule has 6 heteroatoms. The average molecular weight is 341 g/mol.